The number of nitrogens with one attached hydrogen (secondary N) is 2. The van der Waals surface area contributed by atoms with Gasteiger partial charge in [0, 0.05) is 22.4 Å². The Labute approximate surface area is 157 Å². The van der Waals surface area contributed by atoms with Crippen molar-refractivity contribution in [3.8, 4) is 5.75 Å². The maximum atomic E-state index is 12.9. The molecule has 0 unspecified atom stereocenters. The summed E-state index contributed by atoms with van der Waals surface area (Å²) in [6.07, 6.45) is 4.53. The van der Waals surface area contributed by atoms with Gasteiger partial charge in [0.05, 0.1) is 17.5 Å². The van der Waals surface area contributed by atoms with Crippen molar-refractivity contribution in [1.82, 2.24) is 10.3 Å². The van der Waals surface area contributed by atoms with E-state index >= 15 is 0 Å². The summed E-state index contributed by atoms with van der Waals surface area (Å²) in [7, 11) is 1.65. The minimum Gasteiger partial charge on any atom is -0.497 e. The Hall–Kier alpha value is -2.40. The van der Waals surface area contributed by atoms with E-state index in [1.54, 1.807) is 18.9 Å². The lowest BCUT2D eigenvalue weighted by molar-refractivity contribution is 0.0930. The molecule has 0 radical (unpaired) electrons. The van der Waals surface area contributed by atoms with E-state index in [1.165, 1.54) is 12.8 Å². The molecule has 1 aliphatic rings. The summed E-state index contributed by atoms with van der Waals surface area (Å²) >= 11 is 1.62. The van der Waals surface area contributed by atoms with Crippen LogP contribution in [0.1, 0.15) is 36.2 Å². The number of methoxy groups -OCH3 is 1. The summed E-state index contributed by atoms with van der Waals surface area (Å²) in [5, 5.41) is 4.23. The lowest BCUT2D eigenvalue weighted by Crippen LogP contribution is -2.33. The van der Waals surface area contributed by atoms with Crippen molar-refractivity contribution in [2.75, 3.05) is 7.11 Å². The van der Waals surface area contributed by atoms with Crippen molar-refractivity contribution < 1.29 is 9.53 Å². The molecule has 4 rings (SSSR count). The van der Waals surface area contributed by atoms with E-state index in [4.69, 9.17) is 4.74 Å². The van der Waals surface area contributed by atoms with Crippen LogP contribution in [0.15, 0.2) is 58.3 Å². The summed E-state index contributed by atoms with van der Waals surface area (Å²) in [5.41, 5.74) is 1.55. The van der Waals surface area contributed by atoms with Gasteiger partial charge in [0.25, 0.3) is 5.91 Å². The van der Waals surface area contributed by atoms with Crippen molar-refractivity contribution >= 4 is 28.6 Å². The number of amides is 1. The number of ether oxygens (including phenoxy) is 1. The van der Waals surface area contributed by atoms with Crippen molar-refractivity contribution in [3.63, 3.8) is 0 Å². The molecule has 1 heterocycles. The Balaban J connectivity index is 1.73. The van der Waals surface area contributed by atoms with Crippen LogP contribution in [0.2, 0.25) is 0 Å². The molecule has 0 saturated heterocycles. The molecular formula is C21H22N2O2S. The monoisotopic (exact) mass is 366 g/mol. The maximum Gasteiger partial charge on any atom is 0.269 e. The van der Waals surface area contributed by atoms with Gasteiger partial charge in [0.2, 0.25) is 0 Å². The Bertz CT molecular complexity index is 914. The summed E-state index contributed by atoms with van der Waals surface area (Å²) in [6, 6.07) is 16.3. The van der Waals surface area contributed by atoms with Crippen LogP contribution < -0.4 is 10.1 Å². The van der Waals surface area contributed by atoms with Gasteiger partial charge in [-0.15, -0.1) is 0 Å². The van der Waals surface area contributed by atoms with Crippen molar-refractivity contribution in [3.05, 3.63) is 54.2 Å². The molecule has 2 N–H and O–H groups in total. The first kappa shape index (κ1) is 17.0. The second-order valence-corrected chi connectivity index (χ2v) is 7.69. The fraction of sp³-hybridized carbons (Fsp3) is 0.286. The van der Waals surface area contributed by atoms with E-state index in [2.05, 4.69) is 22.4 Å². The summed E-state index contributed by atoms with van der Waals surface area (Å²) < 4.78 is 5.33. The lowest BCUT2D eigenvalue weighted by atomic mass is 10.2. The second kappa shape index (κ2) is 7.46. The van der Waals surface area contributed by atoms with Crippen molar-refractivity contribution in [2.45, 2.75) is 41.5 Å². The molecule has 3 aromatic rings. The highest BCUT2D eigenvalue weighted by atomic mass is 32.2. The minimum atomic E-state index is -0.0227. The molecule has 134 valence electrons. The zero-order chi connectivity index (χ0) is 17.9. The van der Waals surface area contributed by atoms with Gasteiger partial charge in [-0.2, -0.15) is 0 Å². The third kappa shape index (κ3) is 3.44. The second-order valence-electron chi connectivity index (χ2n) is 6.61. The molecule has 2 aromatic carbocycles. The van der Waals surface area contributed by atoms with Crippen molar-refractivity contribution in [1.29, 1.82) is 0 Å². The number of aromatic amines is 1. The van der Waals surface area contributed by atoms with Gasteiger partial charge in [0.1, 0.15) is 11.4 Å². The Morgan fingerprint density at radius 3 is 2.65 bits per heavy atom. The Kier molecular flexibility index (Phi) is 4.89. The van der Waals surface area contributed by atoms with Gasteiger partial charge in [-0.1, -0.05) is 42.8 Å². The first-order chi connectivity index (χ1) is 12.7. The molecule has 1 fully saturated rings. The SMILES string of the molecule is COc1ccc2c(Sc3ccccc3)c(C(=O)NC3CCCC3)[nH]c2c1. The van der Waals surface area contributed by atoms with Crippen LogP contribution >= 0.6 is 11.8 Å². The van der Waals surface area contributed by atoms with Gasteiger partial charge in [-0.25, -0.2) is 0 Å². The predicted octanol–water partition coefficient (Wildman–Crippen LogP) is 5.00. The zero-order valence-electron chi connectivity index (χ0n) is 14.7. The third-order valence-corrected chi connectivity index (χ3v) is 5.97. The van der Waals surface area contributed by atoms with E-state index in [9.17, 15) is 4.79 Å². The highest BCUT2D eigenvalue weighted by molar-refractivity contribution is 7.99. The molecule has 0 bridgehead atoms. The van der Waals surface area contributed by atoms with E-state index in [0.717, 1.165) is 39.3 Å². The fourth-order valence-electron chi connectivity index (χ4n) is 3.48. The molecule has 0 aliphatic heterocycles. The third-order valence-electron chi connectivity index (χ3n) is 4.84. The Morgan fingerprint density at radius 1 is 1.15 bits per heavy atom. The van der Waals surface area contributed by atoms with E-state index in [-0.39, 0.29) is 11.9 Å². The van der Waals surface area contributed by atoms with Gasteiger partial charge in [-0.3, -0.25) is 4.79 Å². The zero-order valence-corrected chi connectivity index (χ0v) is 15.6. The quantitative estimate of drug-likeness (QED) is 0.668. The number of aromatic nitrogens is 1. The minimum absolute atomic E-state index is 0.0227. The number of fused-ring (bicyclic) bond motifs is 1. The van der Waals surface area contributed by atoms with E-state index < -0.39 is 0 Å². The average Bonchev–Trinajstić information content (AvgIpc) is 3.30. The first-order valence-electron chi connectivity index (χ1n) is 8.98. The highest BCUT2D eigenvalue weighted by Crippen LogP contribution is 2.38. The fourth-order valence-corrected chi connectivity index (χ4v) is 4.54. The van der Waals surface area contributed by atoms with Crippen LogP contribution in [-0.4, -0.2) is 24.0 Å². The lowest BCUT2D eigenvalue weighted by Gasteiger charge is -2.12. The van der Waals surface area contributed by atoms with Crippen LogP contribution in [0.5, 0.6) is 5.75 Å². The summed E-state index contributed by atoms with van der Waals surface area (Å²) in [4.78, 5) is 18.3. The molecule has 4 nitrogen and oxygen atoms in total. The van der Waals surface area contributed by atoms with Gasteiger partial charge in [-0.05, 0) is 37.1 Å². The van der Waals surface area contributed by atoms with Crippen LogP contribution in [0.25, 0.3) is 10.9 Å². The van der Waals surface area contributed by atoms with Crippen LogP contribution in [-0.2, 0) is 0 Å². The molecule has 1 amide bonds. The van der Waals surface area contributed by atoms with Gasteiger partial charge < -0.3 is 15.0 Å². The molecular weight excluding hydrogens is 344 g/mol. The number of carbonyl (C=O) groups excluding carboxylic acids is 1. The van der Waals surface area contributed by atoms with E-state index in [0.29, 0.717) is 5.69 Å². The standard InChI is InChI=1S/C21H22N2O2S/c1-25-15-11-12-17-18(13-15)23-19(21(24)22-14-7-5-6-8-14)20(17)26-16-9-3-2-4-10-16/h2-4,9-14,23H,5-8H2,1H3,(H,22,24). The van der Waals surface area contributed by atoms with Crippen LogP contribution in [0, 0.1) is 0 Å². The largest absolute Gasteiger partial charge is 0.497 e. The molecule has 1 saturated carbocycles. The topological polar surface area (TPSA) is 54.1 Å². The molecule has 0 atom stereocenters. The molecule has 1 aliphatic carbocycles. The van der Waals surface area contributed by atoms with Crippen LogP contribution in [0.4, 0.5) is 0 Å². The number of benzene rings is 2. The number of rotatable bonds is 5. The first-order valence-corrected chi connectivity index (χ1v) is 9.80. The molecule has 26 heavy (non-hydrogen) atoms. The number of carbonyl (C=O) groups is 1. The van der Waals surface area contributed by atoms with Crippen LogP contribution in [0.3, 0.4) is 0 Å². The predicted molar refractivity (Wildman–Crippen MR) is 105 cm³/mol. The number of hydrogen-bond donors (Lipinski definition) is 2. The smallest absolute Gasteiger partial charge is 0.269 e. The average molecular weight is 366 g/mol. The summed E-state index contributed by atoms with van der Waals surface area (Å²) in [5.74, 6) is 0.753. The van der Waals surface area contributed by atoms with Crippen molar-refractivity contribution in [2.24, 2.45) is 0 Å². The Morgan fingerprint density at radius 2 is 1.92 bits per heavy atom. The maximum absolute atomic E-state index is 12.9. The summed E-state index contributed by atoms with van der Waals surface area (Å²) in [6.45, 7) is 0. The van der Waals surface area contributed by atoms with Gasteiger partial charge >= 0.3 is 0 Å². The molecule has 0 spiro atoms. The highest BCUT2D eigenvalue weighted by Gasteiger charge is 2.23. The molecule has 5 heteroatoms. The molecule has 1 aromatic heterocycles. The normalized spacial score (nSPS) is 14.7. The van der Waals surface area contributed by atoms with Gasteiger partial charge in [0.15, 0.2) is 0 Å². The number of hydrogen-bond acceptors (Lipinski definition) is 3. The van der Waals surface area contributed by atoms with E-state index in [1.807, 2.05) is 36.4 Å². The number of H-pyrrole nitrogens is 1.